The summed E-state index contributed by atoms with van der Waals surface area (Å²) in [7, 11) is 0. The first kappa shape index (κ1) is 12.7. The third kappa shape index (κ3) is 3.15. The van der Waals surface area contributed by atoms with E-state index in [-0.39, 0.29) is 12.4 Å². The van der Waals surface area contributed by atoms with Gasteiger partial charge in [-0.2, -0.15) is 0 Å². The lowest BCUT2D eigenvalue weighted by Gasteiger charge is -2.11. The Hall–Kier alpha value is -1.72. The predicted octanol–water partition coefficient (Wildman–Crippen LogP) is 0.966. The molecule has 1 aromatic carbocycles. The SMILES string of the molecule is OCC(O)Cn1ccnc1Cc1ccc(F)cc1. The molecule has 5 heteroatoms. The summed E-state index contributed by atoms with van der Waals surface area (Å²) in [6.07, 6.45) is 3.15. The number of rotatable bonds is 5. The van der Waals surface area contributed by atoms with Crippen molar-refractivity contribution in [1.82, 2.24) is 9.55 Å². The Labute approximate surface area is 104 Å². The molecular formula is C13H15FN2O2. The van der Waals surface area contributed by atoms with Crippen LogP contribution >= 0.6 is 0 Å². The van der Waals surface area contributed by atoms with E-state index in [1.165, 1.54) is 12.1 Å². The number of aliphatic hydroxyl groups is 2. The quantitative estimate of drug-likeness (QED) is 0.831. The molecule has 0 aliphatic rings. The summed E-state index contributed by atoms with van der Waals surface area (Å²) in [6, 6.07) is 6.23. The van der Waals surface area contributed by atoms with Crippen molar-refractivity contribution in [2.24, 2.45) is 0 Å². The lowest BCUT2D eigenvalue weighted by molar-refractivity contribution is 0.0806. The fourth-order valence-electron chi connectivity index (χ4n) is 1.74. The second-order valence-corrected chi connectivity index (χ2v) is 4.14. The smallest absolute Gasteiger partial charge is 0.123 e. The van der Waals surface area contributed by atoms with E-state index in [1.54, 1.807) is 29.1 Å². The highest BCUT2D eigenvalue weighted by Crippen LogP contribution is 2.09. The molecule has 0 radical (unpaired) electrons. The largest absolute Gasteiger partial charge is 0.394 e. The van der Waals surface area contributed by atoms with Gasteiger partial charge in [0, 0.05) is 18.8 Å². The fraction of sp³-hybridized carbons (Fsp3) is 0.308. The molecule has 2 N–H and O–H groups in total. The lowest BCUT2D eigenvalue weighted by Crippen LogP contribution is -2.20. The van der Waals surface area contributed by atoms with Gasteiger partial charge in [-0.05, 0) is 17.7 Å². The third-order valence-electron chi connectivity index (χ3n) is 2.70. The molecule has 2 rings (SSSR count). The number of imidazole rings is 1. The van der Waals surface area contributed by atoms with Crippen molar-refractivity contribution in [3.05, 3.63) is 53.9 Å². The predicted molar refractivity (Wildman–Crippen MR) is 64.5 cm³/mol. The van der Waals surface area contributed by atoms with Crippen molar-refractivity contribution in [3.63, 3.8) is 0 Å². The van der Waals surface area contributed by atoms with Crippen LogP contribution in [0.1, 0.15) is 11.4 Å². The molecule has 1 unspecified atom stereocenters. The van der Waals surface area contributed by atoms with E-state index in [0.29, 0.717) is 13.0 Å². The lowest BCUT2D eigenvalue weighted by atomic mass is 10.1. The Morgan fingerprint density at radius 1 is 1.28 bits per heavy atom. The van der Waals surface area contributed by atoms with Gasteiger partial charge in [0.1, 0.15) is 11.6 Å². The van der Waals surface area contributed by atoms with Crippen molar-refractivity contribution < 1.29 is 14.6 Å². The maximum Gasteiger partial charge on any atom is 0.123 e. The summed E-state index contributed by atoms with van der Waals surface area (Å²) >= 11 is 0. The highest BCUT2D eigenvalue weighted by molar-refractivity contribution is 5.20. The van der Waals surface area contributed by atoms with Gasteiger partial charge in [0.2, 0.25) is 0 Å². The first-order valence-corrected chi connectivity index (χ1v) is 5.72. The summed E-state index contributed by atoms with van der Waals surface area (Å²) in [4.78, 5) is 4.20. The summed E-state index contributed by atoms with van der Waals surface area (Å²) < 4.78 is 14.6. The van der Waals surface area contributed by atoms with E-state index >= 15 is 0 Å². The van der Waals surface area contributed by atoms with Crippen LogP contribution in [0.2, 0.25) is 0 Å². The Morgan fingerprint density at radius 2 is 2.00 bits per heavy atom. The van der Waals surface area contributed by atoms with Crippen molar-refractivity contribution in [2.75, 3.05) is 6.61 Å². The van der Waals surface area contributed by atoms with Gasteiger partial charge in [-0.25, -0.2) is 9.37 Å². The molecule has 0 aliphatic heterocycles. The first-order valence-electron chi connectivity index (χ1n) is 5.72. The number of aromatic nitrogens is 2. The van der Waals surface area contributed by atoms with E-state index in [1.807, 2.05) is 0 Å². The van der Waals surface area contributed by atoms with Gasteiger partial charge in [0.25, 0.3) is 0 Å². The molecule has 2 aromatic rings. The minimum atomic E-state index is -0.800. The van der Waals surface area contributed by atoms with Gasteiger partial charge < -0.3 is 14.8 Å². The summed E-state index contributed by atoms with van der Waals surface area (Å²) in [6.45, 7) is 0.0151. The highest BCUT2D eigenvalue weighted by Gasteiger charge is 2.08. The second kappa shape index (κ2) is 5.75. The normalized spacial score (nSPS) is 12.6. The van der Waals surface area contributed by atoms with Crippen LogP contribution in [0, 0.1) is 5.82 Å². The maximum atomic E-state index is 12.8. The van der Waals surface area contributed by atoms with Gasteiger partial charge in [0.05, 0.1) is 19.3 Å². The molecule has 1 heterocycles. The van der Waals surface area contributed by atoms with Gasteiger partial charge in [0.15, 0.2) is 0 Å². The molecule has 0 saturated heterocycles. The average Bonchev–Trinajstić information content (AvgIpc) is 2.79. The average molecular weight is 250 g/mol. The number of halogens is 1. The topological polar surface area (TPSA) is 58.3 Å². The summed E-state index contributed by atoms with van der Waals surface area (Å²) in [5.41, 5.74) is 0.947. The van der Waals surface area contributed by atoms with E-state index in [2.05, 4.69) is 4.98 Å². The Balaban J connectivity index is 2.09. The second-order valence-electron chi connectivity index (χ2n) is 4.14. The zero-order valence-corrected chi connectivity index (χ0v) is 9.83. The fourth-order valence-corrected chi connectivity index (χ4v) is 1.74. The maximum absolute atomic E-state index is 12.8. The van der Waals surface area contributed by atoms with Crippen molar-refractivity contribution in [2.45, 2.75) is 19.1 Å². The molecule has 0 amide bonds. The molecule has 1 aromatic heterocycles. The Bertz CT molecular complexity index is 496. The van der Waals surface area contributed by atoms with Crippen LogP contribution in [0.3, 0.4) is 0 Å². The molecule has 1 atom stereocenters. The van der Waals surface area contributed by atoms with Crippen LogP contribution in [-0.2, 0) is 13.0 Å². The third-order valence-corrected chi connectivity index (χ3v) is 2.70. The molecule has 4 nitrogen and oxygen atoms in total. The molecule has 0 spiro atoms. The van der Waals surface area contributed by atoms with E-state index in [4.69, 9.17) is 5.11 Å². The van der Waals surface area contributed by atoms with E-state index < -0.39 is 6.10 Å². The standard InChI is InChI=1S/C13H15FN2O2/c14-11-3-1-10(2-4-11)7-13-15-5-6-16(13)8-12(18)9-17/h1-6,12,17-18H,7-9H2. The Kier molecular flexibility index (Phi) is 4.07. The molecule has 0 fully saturated rings. The monoisotopic (exact) mass is 250 g/mol. The number of nitrogens with zero attached hydrogens (tertiary/aromatic N) is 2. The van der Waals surface area contributed by atoms with Crippen molar-refractivity contribution in [1.29, 1.82) is 0 Å². The molecule has 0 saturated carbocycles. The zero-order valence-electron chi connectivity index (χ0n) is 9.83. The number of aliphatic hydroxyl groups excluding tert-OH is 2. The number of hydrogen-bond acceptors (Lipinski definition) is 3. The van der Waals surface area contributed by atoms with Gasteiger partial charge in [-0.15, -0.1) is 0 Å². The number of benzene rings is 1. The molecule has 18 heavy (non-hydrogen) atoms. The van der Waals surface area contributed by atoms with Crippen LogP contribution < -0.4 is 0 Å². The van der Waals surface area contributed by atoms with Crippen LogP contribution in [0.5, 0.6) is 0 Å². The highest BCUT2D eigenvalue weighted by atomic mass is 19.1. The number of hydrogen-bond donors (Lipinski definition) is 2. The molecular weight excluding hydrogens is 235 g/mol. The molecule has 0 bridgehead atoms. The van der Waals surface area contributed by atoms with Gasteiger partial charge in [-0.3, -0.25) is 0 Å². The van der Waals surface area contributed by atoms with E-state index in [0.717, 1.165) is 11.4 Å². The minimum Gasteiger partial charge on any atom is -0.394 e. The molecule has 96 valence electrons. The van der Waals surface area contributed by atoms with Crippen LogP contribution in [0.15, 0.2) is 36.7 Å². The minimum absolute atomic E-state index is 0.266. The Morgan fingerprint density at radius 3 is 2.67 bits per heavy atom. The summed E-state index contributed by atoms with van der Waals surface area (Å²) in [5.74, 6) is 0.506. The van der Waals surface area contributed by atoms with Gasteiger partial charge >= 0.3 is 0 Å². The van der Waals surface area contributed by atoms with Crippen LogP contribution in [0.25, 0.3) is 0 Å². The van der Waals surface area contributed by atoms with Crippen molar-refractivity contribution >= 4 is 0 Å². The van der Waals surface area contributed by atoms with Crippen LogP contribution in [-0.4, -0.2) is 32.5 Å². The first-order chi connectivity index (χ1) is 8.69. The van der Waals surface area contributed by atoms with Gasteiger partial charge in [-0.1, -0.05) is 12.1 Å². The summed E-state index contributed by atoms with van der Waals surface area (Å²) in [5, 5.41) is 18.2. The van der Waals surface area contributed by atoms with E-state index in [9.17, 15) is 9.50 Å². The zero-order chi connectivity index (χ0) is 13.0. The van der Waals surface area contributed by atoms with Crippen molar-refractivity contribution in [3.8, 4) is 0 Å². The molecule has 0 aliphatic carbocycles. The van der Waals surface area contributed by atoms with Crippen LogP contribution in [0.4, 0.5) is 4.39 Å².